The third kappa shape index (κ3) is 8.64. The molecule has 1 spiro atoms. The minimum absolute atomic E-state index is 0.0621. The highest BCUT2D eigenvalue weighted by Crippen LogP contribution is 2.79. The molecular weight excluding hydrogens is 985 g/mol. The van der Waals surface area contributed by atoms with Crippen LogP contribution in [0.3, 0.4) is 0 Å². The summed E-state index contributed by atoms with van der Waals surface area (Å²) >= 11 is 0. The summed E-state index contributed by atoms with van der Waals surface area (Å²) in [7, 11) is 0. The molecule has 0 aromatic carbocycles. The van der Waals surface area contributed by atoms with Gasteiger partial charge in [0.1, 0.15) is 85.5 Å². The van der Waals surface area contributed by atoms with E-state index in [0.717, 1.165) is 38.7 Å². The van der Waals surface area contributed by atoms with E-state index in [2.05, 4.69) is 46.8 Å². The van der Waals surface area contributed by atoms with Crippen LogP contribution in [0.4, 0.5) is 0 Å². The Bertz CT molecular complexity index is 2070. The third-order valence-corrected chi connectivity index (χ3v) is 22.1. The topological polar surface area (TPSA) is 326 Å². The van der Waals surface area contributed by atoms with Gasteiger partial charge in [0.15, 0.2) is 25.2 Å². The van der Waals surface area contributed by atoms with Gasteiger partial charge in [-0.05, 0) is 105 Å². The van der Waals surface area contributed by atoms with Gasteiger partial charge in [-0.15, -0.1) is 0 Å². The molecule has 12 N–H and O–H groups in total. The average molecular weight is 1070 g/mol. The summed E-state index contributed by atoms with van der Waals surface area (Å²) in [4.78, 5) is 0. The van der Waals surface area contributed by atoms with Crippen molar-refractivity contribution in [1.82, 2.24) is 0 Å². The van der Waals surface area contributed by atoms with E-state index in [1.54, 1.807) is 6.92 Å². The average Bonchev–Trinajstić information content (AvgIpc) is 3.63. The zero-order valence-electron chi connectivity index (χ0n) is 44.7. The summed E-state index contributed by atoms with van der Waals surface area (Å²) in [6, 6.07) is 0. The van der Waals surface area contributed by atoms with E-state index in [1.807, 2.05) is 6.92 Å². The zero-order valence-corrected chi connectivity index (χ0v) is 44.7. The molecule has 10 rings (SSSR count). The minimum Gasteiger partial charge on any atom is -0.396 e. The van der Waals surface area contributed by atoms with Gasteiger partial charge >= 0.3 is 0 Å². The zero-order chi connectivity index (χ0) is 54.3. The van der Waals surface area contributed by atoms with Gasteiger partial charge in [0.2, 0.25) is 0 Å². The molecule has 5 saturated heterocycles. The van der Waals surface area contributed by atoms with E-state index in [9.17, 15) is 61.3 Å². The SMILES string of the molecule is C[C@@H]1O[C@H](O[C@H]2[C@H](O)[C@@H](O)[C@H](O[C@H]3[C@@H](O)[C@@H](C)O[C@@H](O[C@H]4CC[C@@]5(C)[C@@H](CC[C@]6(C)[C@@H]5C=C[C@]57OC[C@@]8(CCC(C)(C)C[C@H]85)CC[C@]76C)[C@]4(C)CO)[C@@H]3O[C@@H]3O[C@H](CO)[C@@H](O)[C@H](O)[C@H]3O)O[C@@H]2CO)[C@H](O)[C@H](O)[C@H]1O. The smallest absolute Gasteiger partial charge is 0.187 e. The summed E-state index contributed by atoms with van der Waals surface area (Å²) < 4.78 is 56.6. The molecule has 4 saturated carbocycles. The lowest BCUT2D eigenvalue weighted by molar-refractivity contribution is -0.403. The number of fused-ring (bicyclic) bond motifs is 4. The molecule has 0 unspecified atom stereocenters. The fourth-order valence-electron chi connectivity index (χ4n) is 17.1. The van der Waals surface area contributed by atoms with Crippen molar-refractivity contribution < 1.29 is 104 Å². The van der Waals surface area contributed by atoms with Crippen molar-refractivity contribution in [3.05, 3.63) is 12.2 Å². The molecule has 0 amide bonds. The number of ether oxygens (including phenoxy) is 9. The van der Waals surface area contributed by atoms with Gasteiger partial charge in [-0.3, -0.25) is 0 Å². The lowest BCUT2D eigenvalue weighted by Gasteiger charge is -2.73. The molecule has 21 heteroatoms. The lowest BCUT2D eigenvalue weighted by Crippen LogP contribution is -2.71. The van der Waals surface area contributed by atoms with E-state index in [4.69, 9.17) is 42.6 Å². The standard InChI is InChI=1S/C54H88O21/c1-24-32(58)35(61)38(64)44(68-24)73-41-27(21-56)71-46(40(66)37(41)63)74-42-33(59)25(2)69-47(43(42)75-45-39(65)36(62)34(60)26(20-55)70-45)72-31-11-12-49(5)28(50(31,6)22-57)9-13-51(7)29(49)10-14-54-30-19-48(3,4)15-17-53(30,23-67-54)18-16-52(51,54)8/h10,14,24-47,55-66H,9,11-13,15-23H2,1-8H3/t24-,25+,26+,27+,28+,29+,30+,31-,32-,33-,34+,35+,36-,37+,38+,39+,40+,41+,42-,43+,44+,45-,46-,47-,49-,50-,51+,52-,53+,54-/m0/s1. The number of rotatable bonds is 11. The molecule has 5 aliphatic heterocycles. The van der Waals surface area contributed by atoms with Crippen molar-refractivity contribution in [3.63, 3.8) is 0 Å². The Morgan fingerprint density at radius 3 is 1.76 bits per heavy atom. The second-order valence-corrected chi connectivity index (χ2v) is 26.5. The molecule has 10 aliphatic rings. The maximum atomic E-state index is 12.0. The normalized spacial score (nSPS) is 58.3. The largest absolute Gasteiger partial charge is 0.396 e. The molecule has 21 nitrogen and oxygen atoms in total. The number of aliphatic hydroxyl groups is 12. The molecule has 2 bridgehead atoms. The summed E-state index contributed by atoms with van der Waals surface area (Å²) in [5, 5.41) is 132. The van der Waals surface area contributed by atoms with E-state index in [1.165, 1.54) is 19.8 Å². The molecule has 0 aromatic rings. The summed E-state index contributed by atoms with van der Waals surface area (Å²) in [6.45, 7) is 16.1. The molecule has 30 atom stereocenters. The Morgan fingerprint density at radius 2 is 1.09 bits per heavy atom. The summed E-state index contributed by atoms with van der Waals surface area (Å²) in [6.07, 6.45) is -19.8. The van der Waals surface area contributed by atoms with Gasteiger partial charge in [0.25, 0.3) is 0 Å². The Kier molecular flexibility index (Phi) is 15.3. The fraction of sp³-hybridized carbons (Fsp3) is 0.963. The highest BCUT2D eigenvalue weighted by atomic mass is 16.8. The molecule has 9 fully saturated rings. The van der Waals surface area contributed by atoms with Gasteiger partial charge in [-0.2, -0.15) is 0 Å². The molecule has 430 valence electrons. The van der Waals surface area contributed by atoms with E-state index in [-0.39, 0.29) is 51.1 Å². The predicted octanol–water partition coefficient (Wildman–Crippen LogP) is -0.518. The van der Waals surface area contributed by atoms with Gasteiger partial charge < -0.3 is 104 Å². The van der Waals surface area contributed by atoms with E-state index >= 15 is 0 Å². The maximum Gasteiger partial charge on any atom is 0.187 e. The van der Waals surface area contributed by atoms with E-state index < -0.39 is 148 Å². The molecule has 5 aliphatic carbocycles. The van der Waals surface area contributed by atoms with Crippen LogP contribution in [0.2, 0.25) is 0 Å². The van der Waals surface area contributed by atoms with Crippen LogP contribution in [0.15, 0.2) is 12.2 Å². The highest BCUT2D eigenvalue weighted by Gasteiger charge is 2.77. The van der Waals surface area contributed by atoms with Crippen LogP contribution < -0.4 is 0 Å². The Hall–Kier alpha value is -1.10. The highest BCUT2D eigenvalue weighted by molar-refractivity contribution is 5.35. The van der Waals surface area contributed by atoms with Crippen molar-refractivity contribution in [3.8, 4) is 0 Å². The van der Waals surface area contributed by atoms with Crippen LogP contribution in [0, 0.1) is 50.2 Å². The Morgan fingerprint density at radius 1 is 0.520 bits per heavy atom. The Balaban J connectivity index is 0.932. The molecule has 0 aromatic heterocycles. The van der Waals surface area contributed by atoms with Gasteiger partial charge in [0.05, 0.1) is 50.3 Å². The number of allylic oxidation sites excluding steroid dienone is 1. The van der Waals surface area contributed by atoms with Crippen LogP contribution >= 0.6 is 0 Å². The quantitative estimate of drug-likeness (QED) is 0.0915. The third-order valence-electron chi connectivity index (χ3n) is 22.1. The van der Waals surface area contributed by atoms with Crippen molar-refractivity contribution in [1.29, 1.82) is 0 Å². The first-order valence-corrected chi connectivity index (χ1v) is 27.7. The molecule has 75 heavy (non-hydrogen) atoms. The van der Waals surface area contributed by atoms with Crippen LogP contribution in [0.25, 0.3) is 0 Å². The Labute approximate surface area is 439 Å². The van der Waals surface area contributed by atoms with Gasteiger partial charge in [-0.25, -0.2) is 0 Å². The van der Waals surface area contributed by atoms with Crippen LogP contribution in [0.1, 0.15) is 113 Å². The second-order valence-electron chi connectivity index (χ2n) is 26.5. The first kappa shape index (κ1) is 57.1. The van der Waals surface area contributed by atoms with Crippen LogP contribution in [-0.4, -0.2) is 222 Å². The molecular formula is C54H88O21. The van der Waals surface area contributed by atoms with Crippen molar-refractivity contribution in [2.24, 2.45) is 50.2 Å². The van der Waals surface area contributed by atoms with E-state index in [0.29, 0.717) is 18.8 Å². The predicted molar refractivity (Wildman–Crippen MR) is 259 cm³/mol. The van der Waals surface area contributed by atoms with Crippen molar-refractivity contribution in [2.75, 3.05) is 26.4 Å². The summed E-state index contributed by atoms with van der Waals surface area (Å²) in [5.41, 5.74) is -1.37. The maximum absolute atomic E-state index is 12.0. The minimum atomic E-state index is -1.99. The first-order valence-electron chi connectivity index (χ1n) is 27.7. The molecule has 5 heterocycles. The molecule has 0 radical (unpaired) electrons. The van der Waals surface area contributed by atoms with Crippen molar-refractivity contribution >= 4 is 0 Å². The number of aliphatic hydroxyl groups excluding tert-OH is 12. The van der Waals surface area contributed by atoms with Gasteiger partial charge in [-0.1, -0.05) is 53.7 Å². The first-order chi connectivity index (χ1) is 35.2. The van der Waals surface area contributed by atoms with Crippen molar-refractivity contribution in [2.45, 2.75) is 248 Å². The van der Waals surface area contributed by atoms with Gasteiger partial charge in [0, 0.05) is 16.7 Å². The van der Waals surface area contributed by atoms with Crippen LogP contribution in [-0.2, 0) is 42.6 Å². The number of hydrogen-bond donors (Lipinski definition) is 12. The van der Waals surface area contributed by atoms with Crippen LogP contribution in [0.5, 0.6) is 0 Å². The fourth-order valence-corrected chi connectivity index (χ4v) is 17.1. The second kappa shape index (κ2) is 20.1. The monoisotopic (exact) mass is 1070 g/mol. The summed E-state index contributed by atoms with van der Waals surface area (Å²) in [5.74, 6) is 0.524. The lowest BCUT2D eigenvalue weighted by atomic mass is 9.32. The number of hydrogen-bond acceptors (Lipinski definition) is 21.